The van der Waals surface area contributed by atoms with E-state index in [4.69, 9.17) is 10.3 Å². The van der Waals surface area contributed by atoms with E-state index in [1.165, 1.54) is 29.7 Å². The fraction of sp³-hybridized carbons (Fsp3) is 0. The Morgan fingerprint density at radius 3 is 2.14 bits per heavy atom. The zero-order valence-electron chi connectivity index (χ0n) is 6.97. The highest BCUT2D eigenvalue weighted by molar-refractivity contribution is 7.89. The quantitative estimate of drug-likeness (QED) is 0.455. The van der Waals surface area contributed by atoms with Crippen LogP contribution in [-0.4, -0.2) is 19.5 Å². The fourth-order valence-corrected chi connectivity index (χ4v) is 1.38. The SMILES string of the molecule is NS(=O)(=O)c1ccc(C(=O)NO)cc1. The van der Waals surface area contributed by atoms with E-state index in [0.29, 0.717) is 0 Å². The molecule has 0 aliphatic rings. The number of nitrogens with one attached hydrogen (secondary N) is 1. The first kappa shape index (κ1) is 10.6. The van der Waals surface area contributed by atoms with Crippen molar-refractivity contribution in [3.63, 3.8) is 0 Å². The predicted octanol–water partition coefficient (Wildman–Crippen LogP) is -0.547. The summed E-state index contributed by atoms with van der Waals surface area (Å²) in [6.07, 6.45) is 0. The zero-order valence-corrected chi connectivity index (χ0v) is 7.78. The minimum Gasteiger partial charge on any atom is -0.288 e. The number of carbonyl (C=O) groups is 1. The van der Waals surface area contributed by atoms with Gasteiger partial charge in [0.2, 0.25) is 10.0 Å². The summed E-state index contributed by atoms with van der Waals surface area (Å²) in [5.41, 5.74) is 1.56. The number of rotatable bonds is 2. The molecular weight excluding hydrogens is 208 g/mol. The van der Waals surface area contributed by atoms with E-state index in [2.05, 4.69) is 0 Å². The van der Waals surface area contributed by atoms with E-state index in [0.717, 1.165) is 0 Å². The van der Waals surface area contributed by atoms with Gasteiger partial charge in [-0.15, -0.1) is 0 Å². The van der Waals surface area contributed by atoms with Crippen molar-refractivity contribution in [3.8, 4) is 0 Å². The third-order valence-corrected chi connectivity index (χ3v) is 2.48. The van der Waals surface area contributed by atoms with Crippen molar-refractivity contribution in [2.24, 2.45) is 5.14 Å². The highest BCUT2D eigenvalue weighted by Gasteiger charge is 2.09. The van der Waals surface area contributed by atoms with Crippen LogP contribution in [-0.2, 0) is 10.0 Å². The molecule has 1 aromatic rings. The molecule has 4 N–H and O–H groups in total. The Balaban J connectivity index is 3.07. The summed E-state index contributed by atoms with van der Waals surface area (Å²) in [7, 11) is -3.75. The lowest BCUT2D eigenvalue weighted by Gasteiger charge is -2.00. The van der Waals surface area contributed by atoms with Gasteiger partial charge in [0.1, 0.15) is 0 Å². The van der Waals surface area contributed by atoms with Crippen LogP contribution in [0.15, 0.2) is 29.2 Å². The minimum atomic E-state index is -3.75. The summed E-state index contributed by atoms with van der Waals surface area (Å²) in [5.74, 6) is -0.717. The number of hydrogen-bond donors (Lipinski definition) is 3. The highest BCUT2D eigenvalue weighted by atomic mass is 32.2. The molecule has 0 saturated heterocycles. The normalized spacial score (nSPS) is 11.0. The highest BCUT2D eigenvalue weighted by Crippen LogP contribution is 2.08. The van der Waals surface area contributed by atoms with Crippen LogP contribution in [0.4, 0.5) is 0 Å². The van der Waals surface area contributed by atoms with Gasteiger partial charge in [0, 0.05) is 5.56 Å². The Morgan fingerprint density at radius 2 is 1.79 bits per heavy atom. The van der Waals surface area contributed by atoms with Gasteiger partial charge in [0.05, 0.1) is 4.90 Å². The Kier molecular flexibility index (Phi) is 2.84. The first-order valence-corrected chi connectivity index (χ1v) is 5.07. The van der Waals surface area contributed by atoms with Gasteiger partial charge in [-0.25, -0.2) is 19.0 Å². The van der Waals surface area contributed by atoms with Gasteiger partial charge < -0.3 is 0 Å². The molecule has 0 unspecified atom stereocenters. The van der Waals surface area contributed by atoms with Crippen LogP contribution in [0, 0.1) is 0 Å². The maximum atomic E-state index is 10.8. The molecule has 1 amide bonds. The molecule has 0 fully saturated rings. The van der Waals surface area contributed by atoms with E-state index >= 15 is 0 Å². The molecule has 0 spiro atoms. The molecule has 1 rings (SSSR count). The van der Waals surface area contributed by atoms with Gasteiger partial charge in [-0.3, -0.25) is 10.0 Å². The summed E-state index contributed by atoms with van der Waals surface area (Å²) in [6, 6.07) is 4.84. The summed E-state index contributed by atoms with van der Waals surface area (Å²) < 4.78 is 21.6. The van der Waals surface area contributed by atoms with Crippen molar-refractivity contribution in [1.82, 2.24) is 5.48 Å². The molecule has 0 aromatic heterocycles. The molecule has 0 bridgehead atoms. The molecule has 0 atom stereocenters. The number of sulfonamides is 1. The van der Waals surface area contributed by atoms with Crippen LogP contribution in [0.1, 0.15) is 10.4 Å². The van der Waals surface area contributed by atoms with Gasteiger partial charge in [0.15, 0.2) is 0 Å². The average Bonchev–Trinajstić information content (AvgIpc) is 2.15. The maximum absolute atomic E-state index is 10.8. The number of hydrogen-bond acceptors (Lipinski definition) is 4. The maximum Gasteiger partial charge on any atom is 0.274 e. The first-order chi connectivity index (χ1) is 6.45. The Morgan fingerprint density at radius 1 is 1.29 bits per heavy atom. The van der Waals surface area contributed by atoms with Crippen LogP contribution in [0.2, 0.25) is 0 Å². The van der Waals surface area contributed by atoms with Crippen LogP contribution in [0.25, 0.3) is 0 Å². The van der Waals surface area contributed by atoms with E-state index < -0.39 is 15.9 Å². The third kappa shape index (κ3) is 2.28. The van der Waals surface area contributed by atoms with Crippen molar-refractivity contribution < 1.29 is 18.4 Å². The Hall–Kier alpha value is -1.44. The molecule has 6 nitrogen and oxygen atoms in total. The lowest BCUT2D eigenvalue weighted by atomic mass is 10.2. The van der Waals surface area contributed by atoms with Gasteiger partial charge in [-0.05, 0) is 24.3 Å². The van der Waals surface area contributed by atoms with E-state index in [9.17, 15) is 13.2 Å². The first-order valence-electron chi connectivity index (χ1n) is 3.52. The second-order valence-corrected chi connectivity index (χ2v) is 4.07. The summed E-state index contributed by atoms with van der Waals surface area (Å²) in [4.78, 5) is 10.7. The summed E-state index contributed by atoms with van der Waals surface area (Å²) >= 11 is 0. The number of hydroxylamine groups is 1. The smallest absolute Gasteiger partial charge is 0.274 e. The second kappa shape index (κ2) is 3.74. The standard InChI is InChI=1S/C7H8N2O4S/c8-14(12,13)6-3-1-5(2-4-6)7(10)9-11/h1-4,11H,(H,9,10)(H2,8,12,13). The van der Waals surface area contributed by atoms with Crippen LogP contribution in [0.3, 0.4) is 0 Å². The van der Waals surface area contributed by atoms with Gasteiger partial charge >= 0.3 is 0 Å². The monoisotopic (exact) mass is 216 g/mol. The molecule has 76 valence electrons. The molecule has 0 saturated carbocycles. The average molecular weight is 216 g/mol. The summed E-state index contributed by atoms with van der Waals surface area (Å²) in [5, 5.41) is 13.1. The Labute approximate surface area is 80.4 Å². The number of carbonyl (C=O) groups excluding carboxylic acids is 1. The lowest BCUT2D eigenvalue weighted by Crippen LogP contribution is -2.19. The van der Waals surface area contributed by atoms with E-state index in [1.54, 1.807) is 0 Å². The third-order valence-electron chi connectivity index (χ3n) is 1.55. The molecule has 7 heteroatoms. The van der Waals surface area contributed by atoms with Crippen molar-refractivity contribution in [3.05, 3.63) is 29.8 Å². The van der Waals surface area contributed by atoms with Crippen molar-refractivity contribution in [1.29, 1.82) is 0 Å². The number of primary sulfonamides is 1. The zero-order chi connectivity index (χ0) is 10.8. The molecule has 1 aromatic carbocycles. The Bertz CT molecular complexity index is 437. The fourth-order valence-electron chi connectivity index (χ4n) is 0.861. The molecule has 14 heavy (non-hydrogen) atoms. The molecular formula is C7H8N2O4S. The van der Waals surface area contributed by atoms with Crippen molar-refractivity contribution in [2.75, 3.05) is 0 Å². The van der Waals surface area contributed by atoms with Crippen LogP contribution < -0.4 is 10.6 Å². The number of nitrogens with two attached hydrogens (primary N) is 1. The summed E-state index contributed by atoms with van der Waals surface area (Å²) in [6.45, 7) is 0. The molecule has 0 radical (unpaired) electrons. The van der Waals surface area contributed by atoms with Crippen LogP contribution in [0.5, 0.6) is 0 Å². The largest absolute Gasteiger partial charge is 0.288 e. The van der Waals surface area contributed by atoms with Gasteiger partial charge in [-0.1, -0.05) is 0 Å². The topological polar surface area (TPSA) is 109 Å². The van der Waals surface area contributed by atoms with Crippen LogP contribution >= 0.6 is 0 Å². The minimum absolute atomic E-state index is 0.0908. The predicted molar refractivity (Wildman–Crippen MR) is 47.1 cm³/mol. The van der Waals surface area contributed by atoms with E-state index in [-0.39, 0.29) is 10.5 Å². The number of benzene rings is 1. The molecule has 0 heterocycles. The lowest BCUT2D eigenvalue weighted by molar-refractivity contribution is 0.0706. The van der Waals surface area contributed by atoms with Gasteiger partial charge in [-0.2, -0.15) is 0 Å². The number of amides is 1. The second-order valence-electron chi connectivity index (χ2n) is 2.51. The van der Waals surface area contributed by atoms with Gasteiger partial charge in [0.25, 0.3) is 5.91 Å². The van der Waals surface area contributed by atoms with E-state index in [1.807, 2.05) is 0 Å². The molecule has 0 aliphatic heterocycles. The van der Waals surface area contributed by atoms with Crippen molar-refractivity contribution >= 4 is 15.9 Å². The molecule has 0 aliphatic carbocycles. The van der Waals surface area contributed by atoms with Crippen molar-refractivity contribution in [2.45, 2.75) is 4.90 Å².